The van der Waals surface area contributed by atoms with Crippen LogP contribution >= 0.6 is 23.2 Å². The molecule has 10 heteroatoms. The Bertz CT molecular complexity index is 1030. The van der Waals surface area contributed by atoms with Gasteiger partial charge in [-0.05, 0) is 35.7 Å². The summed E-state index contributed by atoms with van der Waals surface area (Å²) in [5.74, 6) is 0.664. The zero-order valence-electron chi connectivity index (χ0n) is 17.1. The minimum absolute atomic E-state index is 0.00599. The van der Waals surface area contributed by atoms with E-state index in [4.69, 9.17) is 32.7 Å². The molecule has 0 aliphatic heterocycles. The molecular weight excluding hydrogens is 451 g/mol. The molecule has 0 heterocycles. The van der Waals surface area contributed by atoms with Gasteiger partial charge >= 0.3 is 0 Å². The number of methoxy groups -OCH3 is 2. The number of hydrogen-bond donors (Lipinski definition) is 2. The molecule has 0 atom stereocenters. The SMILES string of the molecule is COc1ccc(CNC(=O)c2cc(S(=O)(=O)NCC(C)C)c(Cl)cc2Cl)cc1OC. The lowest BCUT2D eigenvalue weighted by molar-refractivity contribution is 0.0951. The first kappa shape index (κ1) is 24.3. The maximum Gasteiger partial charge on any atom is 0.253 e. The van der Waals surface area contributed by atoms with Crippen molar-refractivity contribution < 1.29 is 22.7 Å². The molecule has 164 valence electrons. The van der Waals surface area contributed by atoms with Crippen LogP contribution < -0.4 is 19.5 Å². The van der Waals surface area contributed by atoms with Gasteiger partial charge in [0.05, 0.1) is 29.8 Å². The van der Waals surface area contributed by atoms with Crippen molar-refractivity contribution in [3.05, 3.63) is 51.5 Å². The second-order valence-corrected chi connectivity index (χ2v) is 9.43. The highest BCUT2D eigenvalue weighted by molar-refractivity contribution is 7.89. The van der Waals surface area contributed by atoms with Gasteiger partial charge in [-0.25, -0.2) is 13.1 Å². The van der Waals surface area contributed by atoms with Crippen molar-refractivity contribution in [1.29, 1.82) is 0 Å². The molecule has 30 heavy (non-hydrogen) atoms. The van der Waals surface area contributed by atoms with E-state index in [2.05, 4.69) is 10.0 Å². The molecule has 0 unspecified atom stereocenters. The van der Waals surface area contributed by atoms with Gasteiger partial charge in [0.1, 0.15) is 4.90 Å². The Morgan fingerprint density at radius 1 is 1.03 bits per heavy atom. The van der Waals surface area contributed by atoms with Crippen molar-refractivity contribution in [2.45, 2.75) is 25.3 Å². The summed E-state index contributed by atoms with van der Waals surface area (Å²) >= 11 is 12.2. The number of amides is 1. The average Bonchev–Trinajstić information content (AvgIpc) is 2.70. The Morgan fingerprint density at radius 3 is 2.30 bits per heavy atom. The number of halogens is 2. The second-order valence-electron chi connectivity index (χ2n) is 6.88. The number of carbonyl (C=O) groups is 1. The van der Waals surface area contributed by atoms with Gasteiger partial charge in [0.2, 0.25) is 10.0 Å². The molecule has 0 radical (unpaired) electrons. The Labute approximate surface area is 186 Å². The predicted molar refractivity (Wildman–Crippen MR) is 117 cm³/mol. The second kappa shape index (κ2) is 10.3. The summed E-state index contributed by atoms with van der Waals surface area (Å²) in [5.41, 5.74) is 0.768. The summed E-state index contributed by atoms with van der Waals surface area (Å²) in [5, 5.41) is 2.70. The monoisotopic (exact) mass is 474 g/mol. The van der Waals surface area contributed by atoms with Crippen LogP contribution in [-0.2, 0) is 16.6 Å². The maximum atomic E-state index is 12.7. The molecule has 0 aliphatic rings. The van der Waals surface area contributed by atoms with Crippen LogP contribution in [0.15, 0.2) is 35.2 Å². The maximum absolute atomic E-state index is 12.7. The lowest BCUT2D eigenvalue weighted by atomic mass is 10.1. The van der Waals surface area contributed by atoms with Crippen LogP contribution in [0.4, 0.5) is 0 Å². The number of sulfonamides is 1. The van der Waals surface area contributed by atoms with E-state index in [1.54, 1.807) is 18.2 Å². The summed E-state index contributed by atoms with van der Waals surface area (Å²) in [7, 11) is -0.846. The zero-order chi connectivity index (χ0) is 22.5. The van der Waals surface area contributed by atoms with E-state index < -0.39 is 15.9 Å². The first-order valence-corrected chi connectivity index (χ1v) is 11.3. The molecular formula is C20H24Cl2N2O5S. The third kappa shape index (κ3) is 6.01. The van der Waals surface area contributed by atoms with E-state index >= 15 is 0 Å². The van der Waals surface area contributed by atoms with Crippen molar-refractivity contribution in [3.8, 4) is 11.5 Å². The highest BCUT2D eigenvalue weighted by Gasteiger charge is 2.22. The van der Waals surface area contributed by atoms with Crippen LogP contribution in [-0.4, -0.2) is 35.1 Å². The molecule has 2 N–H and O–H groups in total. The van der Waals surface area contributed by atoms with E-state index in [0.29, 0.717) is 11.5 Å². The highest BCUT2D eigenvalue weighted by Crippen LogP contribution is 2.30. The van der Waals surface area contributed by atoms with Crippen molar-refractivity contribution >= 4 is 39.1 Å². The summed E-state index contributed by atoms with van der Waals surface area (Å²) in [6.07, 6.45) is 0. The molecule has 2 aromatic rings. The van der Waals surface area contributed by atoms with E-state index in [1.807, 2.05) is 13.8 Å². The predicted octanol–water partition coefficient (Wildman–Crippen LogP) is 3.87. The fourth-order valence-electron chi connectivity index (χ4n) is 2.53. The normalized spacial score (nSPS) is 11.4. The molecule has 0 saturated heterocycles. The summed E-state index contributed by atoms with van der Waals surface area (Å²) in [6, 6.07) is 7.65. The Kier molecular flexibility index (Phi) is 8.37. The fourth-order valence-corrected chi connectivity index (χ4v) is 4.60. The van der Waals surface area contributed by atoms with Gasteiger partial charge in [0, 0.05) is 13.1 Å². The number of benzene rings is 2. The number of rotatable bonds is 9. The van der Waals surface area contributed by atoms with E-state index in [1.165, 1.54) is 26.4 Å². The lowest BCUT2D eigenvalue weighted by Gasteiger charge is -2.13. The van der Waals surface area contributed by atoms with Gasteiger partial charge in [-0.3, -0.25) is 4.79 Å². The average molecular weight is 475 g/mol. The van der Waals surface area contributed by atoms with Gasteiger partial charge in [-0.15, -0.1) is 0 Å². The number of carbonyl (C=O) groups excluding carboxylic acids is 1. The quantitative estimate of drug-likeness (QED) is 0.574. The molecule has 0 aliphatic carbocycles. The van der Waals surface area contributed by atoms with Gasteiger partial charge in [0.25, 0.3) is 5.91 Å². The first-order valence-electron chi connectivity index (χ1n) is 9.06. The first-order chi connectivity index (χ1) is 14.1. The number of ether oxygens (including phenoxy) is 2. The van der Waals surface area contributed by atoms with Gasteiger partial charge in [0.15, 0.2) is 11.5 Å². The largest absolute Gasteiger partial charge is 0.493 e. The van der Waals surface area contributed by atoms with Gasteiger partial charge < -0.3 is 14.8 Å². The Hall–Kier alpha value is -2.00. The van der Waals surface area contributed by atoms with Crippen LogP contribution in [0, 0.1) is 5.92 Å². The topological polar surface area (TPSA) is 93.7 Å². The number of hydrogen-bond acceptors (Lipinski definition) is 5. The molecule has 1 amide bonds. The Morgan fingerprint density at radius 2 is 1.70 bits per heavy atom. The van der Waals surface area contributed by atoms with E-state index in [9.17, 15) is 13.2 Å². The van der Waals surface area contributed by atoms with Crippen LogP contribution in [0.5, 0.6) is 11.5 Å². The van der Waals surface area contributed by atoms with Crippen molar-refractivity contribution in [2.24, 2.45) is 5.92 Å². The molecule has 0 fully saturated rings. The zero-order valence-corrected chi connectivity index (χ0v) is 19.4. The molecule has 0 saturated carbocycles. The molecule has 0 spiro atoms. The lowest BCUT2D eigenvalue weighted by Crippen LogP contribution is -2.28. The van der Waals surface area contributed by atoms with E-state index in [-0.39, 0.29) is 39.5 Å². The van der Waals surface area contributed by atoms with Crippen LogP contribution in [0.25, 0.3) is 0 Å². The fraction of sp³-hybridized carbons (Fsp3) is 0.350. The van der Waals surface area contributed by atoms with Crippen LogP contribution in [0.2, 0.25) is 10.0 Å². The summed E-state index contributed by atoms with van der Waals surface area (Å²) < 4.78 is 38.0. The third-order valence-corrected chi connectivity index (χ3v) is 6.34. The highest BCUT2D eigenvalue weighted by atomic mass is 35.5. The minimum atomic E-state index is -3.89. The van der Waals surface area contributed by atoms with Gasteiger partial charge in [-0.1, -0.05) is 43.1 Å². The Balaban J connectivity index is 2.23. The smallest absolute Gasteiger partial charge is 0.253 e. The molecule has 2 rings (SSSR count). The number of nitrogens with one attached hydrogen (secondary N) is 2. The third-order valence-electron chi connectivity index (χ3n) is 4.14. The standard InChI is InChI=1S/C20H24Cl2N2O5S/c1-12(2)10-24-30(26,27)19-8-14(15(21)9-16(19)22)20(25)23-11-13-5-6-17(28-3)18(7-13)29-4/h5-9,12,24H,10-11H2,1-4H3,(H,23,25). The summed E-state index contributed by atoms with van der Waals surface area (Å²) in [4.78, 5) is 12.5. The summed E-state index contributed by atoms with van der Waals surface area (Å²) in [6.45, 7) is 4.16. The van der Waals surface area contributed by atoms with Crippen LogP contribution in [0.3, 0.4) is 0 Å². The van der Waals surface area contributed by atoms with Crippen molar-refractivity contribution in [2.75, 3.05) is 20.8 Å². The molecule has 2 aromatic carbocycles. The minimum Gasteiger partial charge on any atom is -0.493 e. The van der Waals surface area contributed by atoms with Crippen molar-refractivity contribution in [1.82, 2.24) is 10.0 Å². The van der Waals surface area contributed by atoms with Crippen LogP contribution in [0.1, 0.15) is 29.8 Å². The van der Waals surface area contributed by atoms with E-state index in [0.717, 1.165) is 5.56 Å². The molecule has 0 bridgehead atoms. The van der Waals surface area contributed by atoms with Gasteiger partial charge in [-0.2, -0.15) is 0 Å². The van der Waals surface area contributed by atoms with Crippen molar-refractivity contribution in [3.63, 3.8) is 0 Å². The molecule has 7 nitrogen and oxygen atoms in total. The molecule has 0 aromatic heterocycles.